The molecular formula is C22H21N3O5. The Morgan fingerprint density at radius 3 is 2.47 bits per heavy atom. The molecule has 0 N–H and O–H groups in total. The van der Waals surface area contributed by atoms with Crippen LogP contribution < -0.4 is 9.64 Å². The lowest BCUT2D eigenvalue weighted by atomic mass is 10.0. The Labute approximate surface area is 173 Å². The zero-order valence-corrected chi connectivity index (χ0v) is 16.5. The fourth-order valence-electron chi connectivity index (χ4n) is 3.78. The van der Waals surface area contributed by atoms with Crippen molar-refractivity contribution in [3.8, 4) is 5.75 Å². The number of imide groups is 2. The first-order valence-electron chi connectivity index (χ1n) is 9.68. The molecule has 2 aliphatic rings. The maximum absolute atomic E-state index is 13.0. The van der Waals surface area contributed by atoms with Gasteiger partial charge in [0.1, 0.15) is 12.3 Å². The van der Waals surface area contributed by atoms with Crippen LogP contribution in [0.3, 0.4) is 0 Å². The van der Waals surface area contributed by atoms with Crippen LogP contribution in [0.1, 0.15) is 17.5 Å². The molecule has 0 spiro atoms. The van der Waals surface area contributed by atoms with Crippen LogP contribution >= 0.6 is 0 Å². The molecule has 0 unspecified atom stereocenters. The molecule has 30 heavy (non-hydrogen) atoms. The molecule has 0 saturated carbocycles. The number of ether oxygens (including phenoxy) is 1. The van der Waals surface area contributed by atoms with E-state index in [9.17, 15) is 19.2 Å². The van der Waals surface area contributed by atoms with E-state index in [2.05, 4.69) is 0 Å². The zero-order chi connectivity index (χ0) is 21.3. The van der Waals surface area contributed by atoms with Crippen molar-refractivity contribution < 1.29 is 23.9 Å². The number of aryl methyl sites for hydroxylation is 1. The van der Waals surface area contributed by atoms with Gasteiger partial charge >= 0.3 is 17.8 Å². The van der Waals surface area contributed by atoms with E-state index in [-0.39, 0.29) is 6.54 Å². The molecule has 4 rings (SSSR count). The molecular weight excluding hydrogens is 386 g/mol. The van der Waals surface area contributed by atoms with Crippen LogP contribution in [0.2, 0.25) is 0 Å². The molecule has 0 atom stereocenters. The van der Waals surface area contributed by atoms with Crippen LogP contribution in [0, 0.1) is 0 Å². The van der Waals surface area contributed by atoms with Crippen molar-refractivity contribution in [3.63, 3.8) is 0 Å². The lowest BCUT2D eigenvalue weighted by Crippen LogP contribution is -2.45. The van der Waals surface area contributed by atoms with E-state index in [4.69, 9.17) is 4.74 Å². The van der Waals surface area contributed by atoms with Crippen LogP contribution in [-0.4, -0.2) is 53.8 Å². The van der Waals surface area contributed by atoms with Gasteiger partial charge in [-0.15, -0.1) is 0 Å². The van der Waals surface area contributed by atoms with Crippen molar-refractivity contribution in [1.29, 1.82) is 0 Å². The SMILES string of the molecule is COc1ccc2c(c1)CCCN2C(=O)CN1C(=O)C(=O)N(Cc2ccccc2)C1=O. The zero-order valence-electron chi connectivity index (χ0n) is 16.5. The summed E-state index contributed by atoms with van der Waals surface area (Å²) in [7, 11) is 1.58. The predicted molar refractivity (Wildman–Crippen MR) is 108 cm³/mol. The molecule has 2 heterocycles. The van der Waals surface area contributed by atoms with Crippen molar-refractivity contribution in [2.24, 2.45) is 0 Å². The molecule has 154 valence electrons. The Balaban J connectivity index is 1.50. The Morgan fingerprint density at radius 1 is 1.00 bits per heavy atom. The number of carbonyl (C=O) groups is 4. The van der Waals surface area contributed by atoms with Crippen LogP contribution in [-0.2, 0) is 27.3 Å². The third-order valence-corrected chi connectivity index (χ3v) is 5.32. The number of urea groups is 1. The van der Waals surface area contributed by atoms with Gasteiger partial charge in [-0.2, -0.15) is 0 Å². The second-order valence-electron chi connectivity index (χ2n) is 7.19. The van der Waals surface area contributed by atoms with Gasteiger partial charge in [0.15, 0.2) is 0 Å². The van der Waals surface area contributed by atoms with Gasteiger partial charge in [0.05, 0.1) is 13.7 Å². The molecule has 0 radical (unpaired) electrons. The summed E-state index contributed by atoms with van der Waals surface area (Å²) in [6.07, 6.45) is 1.56. The first-order chi connectivity index (χ1) is 14.5. The van der Waals surface area contributed by atoms with E-state index in [1.54, 1.807) is 48.4 Å². The average Bonchev–Trinajstić information content (AvgIpc) is 2.97. The highest BCUT2D eigenvalue weighted by atomic mass is 16.5. The normalized spacial score (nSPS) is 16.2. The van der Waals surface area contributed by atoms with Crippen molar-refractivity contribution in [1.82, 2.24) is 9.80 Å². The summed E-state index contributed by atoms with van der Waals surface area (Å²) in [5.41, 5.74) is 2.42. The monoisotopic (exact) mass is 407 g/mol. The number of nitrogens with zero attached hydrogens (tertiary/aromatic N) is 3. The summed E-state index contributed by atoms with van der Waals surface area (Å²) >= 11 is 0. The van der Waals surface area contributed by atoms with Gasteiger partial charge in [-0.05, 0) is 42.2 Å². The molecule has 2 aromatic carbocycles. The fourth-order valence-corrected chi connectivity index (χ4v) is 3.78. The maximum atomic E-state index is 13.0. The molecule has 0 aromatic heterocycles. The first-order valence-corrected chi connectivity index (χ1v) is 9.68. The van der Waals surface area contributed by atoms with Crippen LogP contribution in [0.5, 0.6) is 5.75 Å². The third kappa shape index (κ3) is 3.52. The van der Waals surface area contributed by atoms with Gasteiger partial charge in [-0.1, -0.05) is 30.3 Å². The Bertz CT molecular complexity index is 1020. The predicted octanol–water partition coefficient (Wildman–Crippen LogP) is 1.97. The van der Waals surface area contributed by atoms with Crippen LogP contribution in [0.25, 0.3) is 0 Å². The molecule has 5 amide bonds. The number of hydrogen-bond acceptors (Lipinski definition) is 5. The van der Waals surface area contributed by atoms with Crippen molar-refractivity contribution >= 4 is 29.4 Å². The second kappa shape index (κ2) is 7.98. The molecule has 1 fully saturated rings. The summed E-state index contributed by atoms with van der Waals surface area (Å²) < 4.78 is 5.24. The number of carbonyl (C=O) groups excluding carboxylic acids is 4. The Morgan fingerprint density at radius 2 is 1.73 bits per heavy atom. The molecule has 2 aromatic rings. The van der Waals surface area contributed by atoms with Gasteiger partial charge < -0.3 is 9.64 Å². The number of anilines is 1. The molecule has 8 nitrogen and oxygen atoms in total. The minimum atomic E-state index is -0.976. The van der Waals surface area contributed by atoms with Crippen molar-refractivity contribution in [2.75, 3.05) is 25.1 Å². The number of hydrogen-bond donors (Lipinski definition) is 0. The fraction of sp³-hybridized carbons (Fsp3) is 0.273. The number of benzene rings is 2. The van der Waals surface area contributed by atoms with E-state index >= 15 is 0 Å². The lowest BCUT2D eigenvalue weighted by Gasteiger charge is -2.30. The molecule has 2 aliphatic heterocycles. The van der Waals surface area contributed by atoms with Gasteiger partial charge in [0.2, 0.25) is 5.91 Å². The number of fused-ring (bicyclic) bond motifs is 1. The summed E-state index contributed by atoms with van der Waals surface area (Å²) in [6.45, 7) is -0.00248. The topological polar surface area (TPSA) is 87.2 Å². The summed E-state index contributed by atoms with van der Waals surface area (Å²) in [5, 5.41) is 0. The van der Waals surface area contributed by atoms with Crippen LogP contribution in [0.15, 0.2) is 48.5 Å². The van der Waals surface area contributed by atoms with Crippen molar-refractivity contribution in [2.45, 2.75) is 19.4 Å². The molecule has 8 heteroatoms. The van der Waals surface area contributed by atoms with Gasteiger partial charge in [0.25, 0.3) is 0 Å². The highest BCUT2D eigenvalue weighted by molar-refractivity contribution is 6.45. The Hall–Kier alpha value is -3.68. The number of amides is 5. The smallest absolute Gasteiger partial charge is 0.335 e. The van der Waals surface area contributed by atoms with Gasteiger partial charge in [0, 0.05) is 12.2 Å². The standard InChI is InChI=1S/C22H21N3O5/c1-30-17-9-10-18-16(12-17)8-5-11-23(18)19(26)14-25-21(28)20(27)24(22(25)29)13-15-6-3-2-4-7-15/h2-4,6-7,9-10,12H,5,8,11,13-14H2,1H3. The molecule has 0 aliphatic carbocycles. The van der Waals surface area contributed by atoms with E-state index in [0.29, 0.717) is 12.3 Å². The quantitative estimate of drug-likeness (QED) is 0.559. The first kappa shape index (κ1) is 19.6. The van der Waals surface area contributed by atoms with E-state index in [0.717, 1.165) is 39.5 Å². The highest BCUT2D eigenvalue weighted by Crippen LogP contribution is 2.31. The van der Waals surface area contributed by atoms with Crippen molar-refractivity contribution in [3.05, 3.63) is 59.7 Å². The summed E-state index contributed by atoms with van der Waals surface area (Å²) in [5.74, 6) is -1.59. The molecule has 0 bridgehead atoms. The Kier molecular flexibility index (Phi) is 5.22. The minimum absolute atomic E-state index is 0.0126. The summed E-state index contributed by atoms with van der Waals surface area (Å²) in [4.78, 5) is 53.5. The van der Waals surface area contributed by atoms with E-state index in [1.807, 2.05) is 12.1 Å². The summed E-state index contributed by atoms with van der Waals surface area (Å²) in [6, 6.07) is 13.6. The van der Waals surface area contributed by atoms with E-state index in [1.165, 1.54) is 0 Å². The highest BCUT2D eigenvalue weighted by Gasteiger charge is 2.45. The lowest BCUT2D eigenvalue weighted by molar-refractivity contribution is -0.144. The van der Waals surface area contributed by atoms with Crippen LogP contribution in [0.4, 0.5) is 10.5 Å². The third-order valence-electron chi connectivity index (χ3n) is 5.32. The van der Waals surface area contributed by atoms with E-state index < -0.39 is 30.3 Å². The largest absolute Gasteiger partial charge is 0.497 e. The average molecular weight is 407 g/mol. The maximum Gasteiger partial charge on any atom is 0.335 e. The molecule has 1 saturated heterocycles. The number of rotatable bonds is 5. The minimum Gasteiger partial charge on any atom is -0.497 e. The van der Waals surface area contributed by atoms with Gasteiger partial charge in [-0.25, -0.2) is 9.69 Å². The second-order valence-corrected chi connectivity index (χ2v) is 7.19. The van der Waals surface area contributed by atoms with Gasteiger partial charge in [-0.3, -0.25) is 19.3 Å². The number of methoxy groups -OCH3 is 1.